The summed E-state index contributed by atoms with van der Waals surface area (Å²) in [4.78, 5) is 10.9. The fraction of sp³-hybridized carbons (Fsp3) is 0.900. The maximum atomic E-state index is 10.9. The molecule has 14 heavy (non-hydrogen) atoms. The summed E-state index contributed by atoms with van der Waals surface area (Å²) in [5.74, 6) is -0.771. The van der Waals surface area contributed by atoms with E-state index in [1.54, 1.807) is 13.8 Å². The summed E-state index contributed by atoms with van der Waals surface area (Å²) in [6.07, 6.45) is 0.947. The molecule has 1 aliphatic rings. The lowest BCUT2D eigenvalue weighted by molar-refractivity contribution is -0.146. The lowest BCUT2D eigenvalue weighted by atomic mass is 9.91. The van der Waals surface area contributed by atoms with Crippen LogP contribution in [0.3, 0.4) is 0 Å². The summed E-state index contributed by atoms with van der Waals surface area (Å²) in [6, 6.07) is 0. The molecule has 1 unspecified atom stereocenters. The molecule has 1 aliphatic heterocycles. The van der Waals surface area contributed by atoms with Crippen molar-refractivity contribution in [1.82, 2.24) is 5.32 Å². The number of aliphatic carboxylic acids is 1. The first-order valence-electron chi connectivity index (χ1n) is 4.92. The topological polar surface area (TPSA) is 58.6 Å². The van der Waals surface area contributed by atoms with Crippen LogP contribution in [0.2, 0.25) is 0 Å². The largest absolute Gasteiger partial charge is 0.481 e. The second-order valence-corrected chi connectivity index (χ2v) is 4.91. The Hall–Kier alpha value is -0.610. The molecule has 0 amide bonds. The summed E-state index contributed by atoms with van der Waals surface area (Å²) >= 11 is 0. The van der Waals surface area contributed by atoms with Gasteiger partial charge in [-0.2, -0.15) is 0 Å². The van der Waals surface area contributed by atoms with Crippen LogP contribution in [0.25, 0.3) is 0 Å². The van der Waals surface area contributed by atoms with Crippen LogP contribution in [0.5, 0.6) is 0 Å². The first-order chi connectivity index (χ1) is 6.36. The molecule has 1 saturated heterocycles. The third-order valence-electron chi connectivity index (χ3n) is 2.75. The minimum Gasteiger partial charge on any atom is -0.481 e. The monoisotopic (exact) mass is 201 g/mol. The zero-order valence-corrected chi connectivity index (χ0v) is 9.09. The molecule has 0 aromatic rings. The van der Waals surface area contributed by atoms with Crippen LogP contribution in [-0.4, -0.2) is 36.4 Å². The number of hydrogen-bond donors (Lipinski definition) is 2. The Morgan fingerprint density at radius 3 is 2.71 bits per heavy atom. The number of ether oxygens (including phenoxy) is 1. The van der Waals surface area contributed by atoms with Crippen molar-refractivity contribution in [3.8, 4) is 0 Å². The molecule has 0 aromatic carbocycles. The number of carboxylic acid groups (broad SMARTS) is 1. The second-order valence-electron chi connectivity index (χ2n) is 4.91. The standard InChI is InChI=1S/C10H19NO3/c1-9(2,8(12)13)6-11-10(3)4-5-14-7-10/h11H,4-7H2,1-3H3,(H,12,13). The van der Waals surface area contributed by atoms with E-state index in [0.29, 0.717) is 13.2 Å². The van der Waals surface area contributed by atoms with Crippen LogP contribution in [0, 0.1) is 5.41 Å². The molecule has 1 fully saturated rings. The molecular formula is C10H19NO3. The van der Waals surface area contributed by atoms with Crippen molar-refractivity contribution in [3.05, 3.63) is 0 Å². The Bertz CT molecular complexity index is 219. The highest BCUT2D eigenvalue weighted by atomic mass is 16.5. The minimum absolute atomic E-state index is 0.0489. The van der Waals surface area contributed by atoms with Crippen molar-refractivity contribution in [3.63, 3.8) is 0 Å². The van der Waals surface area contributed by atoms with Gasteiger partial charge in [-0.3, -0.25) is 4.79 Å². The van der Waals surface area contributed by atoms with Gasteiger partial charge < -0.3 is 15.2 Å². The molecule has 0 aromatic heterocycles. The summed E-state index contributed by atoms with van der Waals surface area (Å²) in [7, 11) is 0. The van der Waals surface area contributed by atoms with Gasteiger partial charge in [-0.15, -0.1) is 0 Å². The summed E-state index contributed by atoms with van der Waals surface area (Å²) in [5, 5.41) is 12.2. The number of carbonyl (C=O) groups is 1. The van der Waals surface area contributed by atoms with Crippen molar-refractivity contribution in [1.29, 1.82) is 0 Å². The number of nitrogens with one attached hydrogen (secondary N) is 1. The van der Waals surface area contributed by atoms with Gasteiger partial charge in [-0.1, -0.05) is 0 Å². The Balaban J connectivity index is 2.43. The Morgan fingerprint density at radius 1 is 1.64 bits per heavy atom. The van der Waals surface area contributed by atoms with Gasteiger partial charge in [-0.25, -0.2) is 0 Å². The summed E-state index contributed by atoms with van der Waals surface area (Å²) < 4.78 is 5.28. The molecule has 0 radical (unpaired) electrons. The number of rotatable bonds is 4. The van der Waals surface area contributed by atoms with Gasteiger partial charge in [0.05, 0.1) is 12.0 Å². The highest BCUT2D eigenvalue weighted by Gasteiger charge is 2.34. The van der Waals surface area contributed by atoms with E-state index in [4.69, 9.17) is 9.84 Å². The molecule has 1 rings (SSSR count). The zero-order valence-electron chi connectivity index (χ0n) is 9.09. The maximum Gasteiger partial charge on any atom is 0.310 e. The summed E-state index contributed by atoms with van der Waals surface area (Å²) in [6.45, 7) is 7.42. The Labute approximate surface area is 84.6 Å². The lowest BCUT2D eigenvalue weighted by Crippen LogP contribution is -2.48. The van der Waals surface area contributed by atoms with E-state index in [-0.39, 0.29) is 5.54 Å². The van der Waals surface area contributed by atoms with Crippen molar-refractivity contribution < 1.29 is 14.6 Å². The molecular weight excluding hydrogens is 182 g/mol. The minimum atomic E-state index is -0.771. The van der Waals surface area contributed by atoms with Gasteiger partial charge in [-0.05, 0) is 27.2 Å². The van der Waals surface area contributed by atoms with E-state index in [2.05, 4.69) is 12.2 Å². The van der Waals surface area contributed by atoms with E-state index >= 15 is 0 Å². The third kappa shape index (κ3) is 2.69. The van der Waals surface area contributed by atoms with E-state index in [0.717, 1.165) is 13.0 Å². The van der Waals surface area contributed by atoms with Crippen LogP contribution in [0.15, 0.2) is 0 Å². The first kappa shape index (κ1) is 11.5. The van der Waals surface area contributed by atoms with Gasteiger partial charge in [0.1, 0.15) is 0 Å². The average Bonchev–Trinajstić information content (AvgIpc) is 2.50. The second kappa shape index (κ2) is 3.87. The van der Waals surface area contributed by atoms with E-state index in [1.807, 2.05) is 0 Å². The van der Waals surface area contributed by atoms with Crippen LogP contribution < -0.4 is 5.32 Å². The molecule has 4 heteroatoms. The van der Waals surface area contributed by atoms with Crippen LogP contribution in [0.4, 0.5) is 0 Å². The van der Waals surface area contributed by atoms with Crippen LogP contribution in [-0.2, 0) is 9.53 Å². The number of hydrogen-bond acceptors (Lipinski definition) is 3. The van der Waals surface area contributed by atoms with Crippen molar-refractivity contribution >= 4 is 5.97 Å². The van der Waals surface area contributed by atoms with Gasteiger partial charge in [0.2, 0.25) is 0 Å². The molecule has 1 atom stereocenters. The highest BCUT2D eigenvalue weighted by Crippen LogP contribution is 2.20. The Morgan fingerprint density at radius 2 is 2.29 bits per heavy atom. The zero-order chi connectivity index (χ0) is 10.8. The Kier molecular flexibility index (Phi) is 3.17. The van der Waals surface area contributed by atoms with E-state index in [9.17, 15) is 4.79 Å². The third-order valence-corrected chi connectivity index (χ3v) is 2.75. The fourth-order valence-electron chi connectivity index (χ4n) is 1.32. The average molecular weight is 201 g/mol. The van der Waals surface area contributed by atoms with Gasteiger partial charge in [0.25, 0.3) is 0 Å². The molecule has 0 aliphatic carbocycles. The van der Waals surface area contributed by atoms with E-state index < -0.39 is 11.4 Å². The van der Waals surface area contributed by atoms with Crippen LogP contribution >= 0.6 is 0 Å². The first-order valence-corrected chi connectivity index (χ1v) is 4.92. The van der Waals surface area contributed by atoms with E-state index in [1.165, 1.54) is 0 Å². The van der Waals surface area contributed by atoms with Gasteiger partial charge in [0, 0.05) is 18.7 Å². The summed E-state index contributed by atoms with van der Waals surface area (Å²) in [5.41, 5.74) is -0.766. The van der Waals surface area contributed by atoms with Crippen molar-refractivity contribution in [2.45, 2.75) is 32.7 Å². The molecule has 4 nitrogen and oxygen atoms in total. The quantitative estimate of drug-likeness (QED) is 0.708. The molecule has 2 N–H and O–H groups in total. The van der Waals surface area contributed by atoms with Crippen molar-refractivity contribution in [2.75, 3.05) is 19.8 Å². The molecule has 0 saturated carbocycles. The molecule has 1 heterocycles. The maximum absolute atomic E-state index is 10.9. The SMILES string of the molecule is CC1(NCC(C)(C)C(=O)O)CCOC1. The molecule has 0 spiro atoms. The van der Waals surface area contributed by atoms with Crippen LogP contribution in [0.1, 0.15) is 27.2 Å². The predicted octanol–water partition coefficient (Wildman–Crippen LogP) is 0.866. The van der Waals surface area contributed by atoms with Gasteiger partial charge in [0.15, 0.2) is 0 Å². The predicted molar refractivity (Wildman–Crippen MR) is 53.3 cm³/mol. The smallest absolute Gasteiger partial charge is 0.310 e. The fourth-order valence-corrected chi connectivity index (χ4v) is 1.32. The number of carboxylic acids is 1. The normalized spacial score (nSPS) is 27.9. The molecule has 82 valence electrons. The highest BCUT2D eigenvalue weighted by molar-refractivity contribution is 5.73. The molecule has 0 bridgehead atoms. The van der Waals surface area contributed by atoms with Crippen molar-refractivity contribution in [2.24, 2.45) is 5.41 Å². The van der Waals surface area contributed by atoms with Gasteiger partial charge >= 0.3 is 5.97 Å². The lowest BCUT2D eigenvalue weighted by Gasteiger charge is -2.28.